The average Bonchev–Trinajstić information content (AvgIpc) is 3.64. The van der Waals surface area contributed by atoms with E-state index in [2.05, 4.69) is 45.1 Å². The minimum atomic E-state index is -0.859. The van der Waals surface area contributed by atoms with Gasteiger partial charge in [0.2, 0.25) is 18.4 Å². The predicted octanol–water partition coefficient (Wildman–Crippen LogP) is 5.28. The SMILES string of the molecule is CCCCN(C(=O)CN1C[C@H](c2cc(OC)c3c(c2)OCO3)C(C(=O)O)[C@@H]1CCC1CCCCO1)c1cccc(C[N+](C)(C)C)c1. The number of anilines is 1. The van der Waals surface area contributed by atoms with Gasteiger partial charge in [0.05, 0.1) is 46.8 Å². The molecule has 3 heterocycles. The molecule has 2 unspecified atom stereocenters. The molecule has 0 spiro atoms. The Hall–Kier alpha value is -3.34. The van der Waals surface area contributed by atoms with E-state index in [0.717, 1.165) is 67.4 Å². The zero-order chi connectivity index (χ0) is 32.8. The molecule has 2 fully saturated rings. The quantitative estimate of drug-likeness (QED) is 0.279. The van der Waals surface area contributed by atoms with Crippen LogP contribution < -0.4 is 19.1 Å². The lowest BCUT2D eigenvalue weighted by Gasteiger charge is -2.31. The van der Waals surface area contributed by atoms with Gasteiger partial charge in [-0.25, -0.2) is 0 Å². The van der Waals surface area contributed by atoms with Crippen molar-refractivity contribution in [2.24, 2.45) is 5.92 Å². The molecule has 3 aliphatic heterocycles. The van der Waals surface area contributed by atoms with E-state index in [9.17, 15) is 14.7 Å². The molecule has 2 saturated heterocycles. The van der Waals surface area contributed by atoms with E-state index in [1.807, 2.05) is 29.2 Å². The number of likely N-dealkylation sites (tertiary alicyclic amines) is 1. The van der Waals surface area contributed by atoms with Crippen molar-refractivity contribution < 1.29 is 38.1 Å². The molecule has 0 saturated carbocycles. The molecule has 4 atom stereocenters. The zero-order valence-corrected chi connectivity index (χ0v) is 28.2. The number of carboxylic acid groups (broad SMARTS) is 1. The van der Waals surface area contributed by atoms with Crippen molar-refractivity contribution in [3.63, 3.8) is 0 Å². The summed E-state index contributed by atoms with van der Waals surface area (Å²) in [6.45, 7) is 5.01. The molecule has 0 bridgehead atoms. The number of hydrogen-bond donors (Lipinski definition) is 1. The van der Waals surface area contributed by atoms with Gasteiger partial charge in [0.1, 0.15) is 6.54 Å². The smallest absolute Gasteiger partial charge is 0.308 e. The van der Waals surface area contributed by atoms with Gasteiger partial charge in [0.15, 0.2) is 11.5 Å². The molecule has 10 nitrogen and oxygen atoms in total. The van der Waals surface area contributed by atoms with Gasteiger partial charge in [-0.2, -0.15) is 0 Å². The second-order valence-corrected chi connectivity index (χ2v) is 14.0. The molecule has 5 rings (SSSR count). The molecular formula is C36H52N3O7+. The predicted molar refractivity (Wildman–Crippen MR) is 177 cm³/mol. The maximum Gasteiger partial charge on any atom is 0.308 e. The van der Waals surface area contributed by atoms with Crippen LogP contribution in [0.5, 0.6) is 17.2 Å². The number of hydrogen-bond acceptors (Lipinski definition) is 7. The standard InChI is InChI=1S/C36H51N3O7/c1-6-7-16-38(27-12-10-11-25(18-27)23-39(2,3)4)33(40)22-37-21-29(26-19-31(43-5)35-32(20-26)45-24-46-35)34(36(41)42)30(37)15-14-28-13-8-9-17-44-28/h10-12,18-20,28-30,34H,6-9,13-17,21-24H2,1-5H3/p+1/t28?,29-,30+,34?/m1/s1. The zero-order valence-electron chi connectivity index (χ0n) is 28.2. The number of amides is 1. The van der Waals surface area contributed by atoms with E-state index in [1.165, 1.54) is 5.56 Å². The molecule has 2 aromatic carbocycles. The summed E-state index contributed by atoms with van der Waals surface area (Å²) in [7, 11) is 8.04. The van der Waals surface area contributed by atoms with Gasteiger partial charge in [0, 0.05) is 42.9 Å². The van der Waals surface area contributed by atoms with Crippen molar-refractivity contribution in [1.29, 1.82) is 0 Å². The number of nitrogens with zero attached hydrogens (tertiary/aromatic N) is 3. The van der Waals surface area contributed by atoms with Gasteiger partial charge in [0.25, 0.3) is 0 Å². The first-order valence-corrected chi connectivity index (χ1v) is 16.8. The van der Waals surface area contributed by atoms with Gasteiger partial charge in [-0.15, -0.1) is 0 Å². The van der Waals surface area contributed by atoms with E-state index in [4.69, 9.17) is 18.9 Å². The largest absolute Gasteiger partial charge is 0.493 e. The Bertz CT molecular complexity index is 1350. The van der Waals surface area contributed by atoms with Gasteiger partial charge < -0.3 is 33.4 Å². The van der Waals surface area contributed by atoms with E-state index in [-0.39, 0.29) is 37.3 Å². The highest BCUT2D eigenvalue weighted by atomic mass is 16.7. The topological polar surface area (TPSA) is 97.8 Å². The number of carbonyl (C=O) groups excluding carboxylic acids is 1. The first-order chi connectivity index (χ1) is 22.1. The number of carboxylic acids is 1. The molecule has 1 N–H and O–H groups in total. The lowest BCUT2D eigenvalue weighted by molar-refractivity contribution is -0.884. The van der Waals surface area contributed by atoms with E-state index in [0.29, 0.717) is 36.8 Å². The van der Waals surface area contributed by atoms with E-state index < -0.39 is 11.9 Å². The summed E-state index contributed by atoms with van der Waals surface area (Å²) in [6.07, 6.45) is 6.55. The molecule has 10 heteroatoms. The Morgan fingerprint density at radius 2 is 1.93 bits per heavy atom. The van der Waals surface area contributed by atoms with Crippen LogP contribution in [-0.2, 0) is 20.9 Å². The highest BCUT2D eigenvalue weighted by molar-refractivity contribution is 5.95. The maximum absolute atomic E-state index is 14.3. The van der Waals surface area contributed by atoms with Crippen molar-refractivity contribution in [2.45, 2.75) is 76.5 Å². The Morgan fingerprint density at radius 1 is 1.11 bits per heavy atom. The summed E-state index contributed by atoms with van der Waals surface area (Å²) < 4.78 is 23.7. The second kappa shape index (κ2) is 15.0. The summed E-state index contributed by atoms with van der Waals surface area (Å²) >= 11 is 0. The first kappa shape index (κ1) is 34.0. The van der Waals surface area contributed by atoms with Crippen LogP contribution in [0.4, 0.5) is 5.69 Å². The van der Waals surface area contributed by atoms with Crippen LogP contribution in [0.3, 0.4) is 0 Å². The number of benzene rings is 2. The molecule has 3 aliphatic rings. The van der Waals surface area contributed by atoms with Gasteiger partial charge in [-0.3, -0.25) is 14.5 Å². The van der Waals surface area contributed by atoms with E-state index in [1.54, 1.807) is 7.11 Å². The summed E-state index contributed by atoms with van der Waals surface area (Å²) in [4.78, 5) is 31.4. The Labute approximate surface area is 273 Å². The Morgan fingerprint density at radius 3 is 2.63 bits per heavy atom. The highest BCUT2D eigenvalue weighted by Gasteiger charge is 2.48. The van der Waals surface area contributed by atoms with Crippen LogP contribution in [0.1, 0.15) is 68.9 Å². The first-order valence-electron chi connectivity index (χ1n) is 16.8. The van der Waals surface area contributed by atoms with Crippen LogP contribution in [0.25, 0.3) is 0 Å². The summed E-state index contributed by atoms with van der Waals surface area (Å²) in [5.41, 5.74) is 2.88. The summed E-state index contributed by atoms with van der Waals surface area (Å²) in [5.74, 6) is -0.325. The number of rotatable bonds is 14. The normalized spacial score (nSPS) is 23.0. The third kappa shape index (κ3) is 8.14. The van der Waals surface area contributed by atoms with Crippen LogP contribution in [-0.4, -0.2) is 99.8 Å². The summed E-state index contributed by atoms with van der Waals surface area (Å²) in [5, 5.41) is 10.7. The highest BCUT2D eigenvalue weighted by Crippen LogP contribution is 2.47. The molecule has 0 aliphatic carbocycles. The van der Waals surface area contributed by atoms with E-state index >= 15 is 0 Å². The molecular weight excluding hydrogens is 586 g/mol. The van der Waals surface area contributed by atoms with Crippen molar-refractivity contribution in [2.75, 3.05) is 66.2 Å². The monoisotopic (exact) mass is 638 g/mol. The number of unbranched alkanes of at least 4 members (excludes halogenated alkanes) is 1. The fraction of sp³-hybridized carbons (Fsp3) is 0.611. The van der Waals surface area contributed by atoms with Crippen LogP contribution >= 0.6 is 0 Å². The van der Waals surface area contributed by atoms with Crippen LogP contribution in [0.15, 0.2) is 36.4 Å². The number of quaternary nitrogens is 1. The fourth-order valence-corrected chi connectivity index (χ4v) is 7.29. The molecule has 0 aromatic heterocycles. The third-order valence-corrected chi connectivity index (χ3v) is 9.45. The van der Waals surface area contributed by atoms with Crippen molar-refractivity contribution >= 4 is 17.6 Å². The number of fused-ring (bicyclic) bond motifs is 1. The lowest BCUT2D eigenvalue weighted by Crippen LogP contribution is -2.45. The average molecular weight is 639 g/mol. The second-order valence-electron chi connectivity index (χ2n) is 14.0. The minimum Gasteiger partial charge on any atom is -0.493 e. The van der Waals surface area contributed by atoms with Gasteiger partial charge >= 0.3 is 5.97 Å². The van der Waals surface area contributed by atoms with Crippen LogP contribution in [0, 0.1) is 5.92 Å². The van der Waals surface area contributed by atoms with Crippen molar-refractivity contribution in [3.8, 4) is 17.2 Å². The summed E-state index contributed by atoms with van der Waals surface area (Å²) in [6, 6.07) is 11.7. The Balaban J connectivity index is 1.44. The fourth-order valence-electron chi connectivity index (χ4n) is 7.29. The molecule has 252 valence electrons. The van der Waals surface area contributed by atoms with Crippen LogP contribution in [0.2, 0.25) is 0 Å². The van der Waals surface area contributed by atoms with Crippen molar-refractivity contribution in [3.05, 3.63) is 47.5 Å². The number of ether oxygens (including phenoxy) is 4. The number of methoxy groups -OCH3 is 1. The number of carbonyl (C=O) groups is 2. The molecule has 1 amide bonds. The van der Waals surface area contributed by atoms with Crippen molar-refractivity contribution in [1.82, 2.24) is 4.90 Å². The number of aliphatic carboxylic acids is 1. The lowest BCUT2D eigenvalue weighted by atomic mass is 9.83. The minimum absolute atomic E-state index is 0.0113. The molecule has 46 heavy (non-hydrogen) atoms. The third-order valence-electron chi connectivity index (χ3n) is 9.45. The maximum atomic E-state index is 14.3. The Kier molecular flexibility index (Phi) is 11.1. The molecule has 2 aromatic rings. The van der Waals surface area contributed by atoms with Gasteiger partial charge in [-0.05, 0) is 68.4 Å². The molecule has 0 radical (unpaired) electrons. The van der Waals surface area contributed by atoms with Gasteiger partial charge in [-0.1, -0.05) is 25.5 Å².